The van der Waals surface area contributed by atoms with Crippen LogP contribution in [0.15, 0.2) is 0 Å². The average Bonchev–Trinajstić information content (AvgIpc) is 1.30. The second kappa shape index (κ2) is 2.46. The molecule has 44 valence electrons. The van der Waals surface area contributed by atoms with Gasteiger partial charge in [0, 0.05) is 10.7 Å². The quantitative estimate of drug-likeness (QED) is 0.387. The van der Waals surface area contributed by atoms with Crippen LogP contribution in [0, 0.1) is 0 Å². The molecule has 0 aliphatic heterocycles. The van der Waals surface area contributed by atoms with Gasteiger partial charge < -0.3 is 5.11 Å². The zero-order valence-electron chi connectivity index (χ0n) is 3.26. The van der Waals surface area contributed by atoms with Crippen LogP contribution in [-0.2, 0) is 9.24 Å². The second-order valence-electron chi connectivity index (χ2n) is 0.740. The van der Waals surface area contributed by atoms with Crippen LogP contribution in [0.4, 0.5) is 0 Å². The van der Waals surface area contributed by atoms with Crippen molar-refractivity contribution in [2.24, 2.45) is 0 Å². The predicted octanol–water partition coefficient (Wildman–Crippen LogP) is -0.991. The lowest BCUT2D eigenvalue weighted by Crippen LogP contribution is -2.18. The third-order valence-electron chi connectivity index (χ3n) is 0.237. The molecule has 0 saturated heterocycles. The summed E-state index contributed by atoms with van der Waals surface area (Å²) in [7, 11) is 0.832. The Bertz CT molecular complexity index is 128. The van der Waals surface area contributed by atoms with Gasteiger partial charge in [0.2, 0.25) is 0 Å². The number of aliphatic hydroxyl groups excluding tert-OH is 1. The Kier molecular flexibility index (Phi) is 2.52. The zero-order chi connectivity index (χ0) is 5.91. The summed E-state index contributed by atoms with van der Waals surface area (Å²) in [5.41, 5.74) is 0. The van der Waals surface area contributed by atoms with Gasteiger partial charge in [-0.2, -0.15) is 13.1 Å². The van der Waals surface area contributed by atoms with E-state index < -0.39 is 16.0 Å². The van der Waals surface area contributed by atoms with Crippen molar-refractivity contribution in [3.8, 4) is 0 Å². The molecular formula is CH4ClNO3S. The molecule has 0 heterocycles. The van der Waals surface area contributed by atoms with E-state index in [2.05, 4.69) is 10.7 Å². The second-order valence-corrected chi connectivity index (χ2v) is 3.12. The van der Waals surface area contributed by atoms with Crippen molar-refractivity contribution in [1.82, 2.24) is 4.72 Å². The summed E-state index contributed by atoms with van der Waals surface area (Å²) >= 11 is 0. The fourth-order valence-electron chi connectivity index (χ4n) is 0.0771. The minimum absolute atomic E-state index is 0.661. The van der Waals surface area contributed by atoms with Crippen molar-refractivity contribution in [3.05, 3.63) is 0 Å². The molecule has 0 unspecified atom stereocenters. The van der Waals surface area contributed by atoms with Crippen molar-refractivity contribution in [2.75, 3.05) is 6.73 Å². The number of aliphatic hydroxyl groups is 1. The molecule has 0 rings (SSSR count). The van der Waals surface area contributed by atoms with Crippen LogP contribution in [0.2, 0.25) is 0 Å². The first-order valence-corrected chi connectivity index (χ1v) is 3.67. The summed E-state index contributed by atoms with van der Waals surface area (Å²) in [5.74, 6) is 0. The molecule has 6 heteroatoms. The molecular weight excluding hydrogens is 142 g/mol. The summed E-state index contributed by atoms with van der Waals surface area (Å²) in [4.78, 5) is 0. The van der Waals surface area contributed by atoms with Crippen LogP contribution < -0.4 is 4.72 Å². The van der Waals surface area contributed by atoms with E-state index in [9.17, 15) is 8.42 Å². The fraction of sp³-hybridized carbons (Fsp3) is 1.00. The van der Waals surface area contributed by atoms with Gasteiger partial charge in [0.1, 0.15) is 6.73 Å². The van der Waals surface area contributed by atoms with E-state index in [4.69, 9.17) is 5.11 Å². The van der Waals surface area contributed by atoms with Crippen molar-refractivity contribution in [1.29, 1.82) is 0 Å². The first-order valence-electron chi connectivity index (χ1n) is 1.36. The molecule has 0 spiro atoms. The van der Waals surface area contributed by atoms with Gasteiger partial charge in [-0.25, -0.2) is 0 Å². The smallest absolute Gasteiger partial charge is 0.299 e. The highest BCUT2D eigenvalue weighted by Gasteiger charge is 1.97. The maximum absolute atomic E-state index is 9.73. The van der Waals surface area contributed by atoms with Crippen LogP contribution in [0.3, 0.4) is 0 Å². The van der Waals surface area contributed by atoms with E-state index >= 15 is 0 Å². The van der Waals surface area contributed by atoms with E-state index in [0.29, 0.717) is 0 Å². The van der Waals surface area contributed by atoms with Crippen LogP contribution in [-0.4, -0.2) is 20.3 Å². The molecule has 0 saturated carbocycles. The molecule has 4 nitrogen and oxygen atoms in total. The van der Waals surface area contributed by atoms with Crippen molar-refractivity contribution in [3.63, 3.8) is 0 Å². The monoisotopic (exact) mass is 145 g/mol. The van der Waals surface area contributed by atoms with E-state index in [-0.39, 0.29) is 0 Å². The first kappa shape index (κ1) is 7.16. The number of hydrogen-bond donors (Lipinski definition) is 2. The van der Waals surface area contributed by atoms with E-state index in [0.717, 1.165) is 0 Å². The Hall–Kier alpha value is 0.160. The van der Waals surface area contributed by atoms with Gasteiger partial charge in [-0.1, -0.05) is 0 Å². The van der Waals surface area contributed by atoms with Crippen LogP contribution in [0.1, 0.15) is 0 Å². The maximum atomic E-state index is 9.73. The summed E-state index contributed by atoms with van der Waals surface area (Å²) in [6.07, 6.45) is 0. The standard InChI is InChI=1S/CH4ClNO3S/c2-7(5,6)3-1-4/h3-4H,1H2. The lowest BCUT2D eigenvalue weighted by molar-refractivity contribution is 0.289. The lowest BCUT2D eigenvalue weighted by Gasteiger charge is -1.88. The Morgan fingerprint density at radius 2 is 2.14 bits per heavy atom. The van der Waals surface area contributed by atoms with Gasteiger partial charge in [-0.3, -0.25) is 0 Å². The molecule has 0 aromatic carbocycles. The molecule has 0 radical (unpaired) electrons. The molecule has 0 fully saturated rings. The molecule has 0 aromatic heterocycles. The molecule has 0 aromatic rings. The number of halogens is 1. The summed E-state index contributed by atoms with van der Waals surface area (Å²) in [6.45, 7) is -0.661. The Balaban J connectivity index is 3.60. The highest BCUT2D eigenvalue weighted by molar-refractivity contribution is 8.12. The topological polar surface area (TPSA) is 66.4 Å². The molecule has 7 heavy (non-hydrogen) atoms. The Morgan fingerprint density at radius 1 is 1.71 bits per heavy atom. The molecule has 0 atom stereocenters. The number of rotatable bonds is 2. The summed E-state index contributed by atoms with van der Waals surface area (Å²) in [5, 5.41) is 7.83. The molecule has 2 N–H and O–H groups in total. The van der Waals surface area contributed by atoms with Crippen LogP contribution >= 0.6 is 10.7 Å². The molecule has 0 amide bonds. The lowest BCUT2D eigenvalue weighted by atomic mass is 11.4. The predicted molar refractivity (Wildman–Crippen MR) is 25.0 cm³/mol. The van der Waals surface area contributed by atoms with Crippen molar-refractivity contribution >= 4 is 19.9 Å². The Morgan fingerprint density at radius 3 is 2.14 bits per heavy atom. The van der Waals surface area contributed by atoms with Crippen molar-refractivity contribution in [2.45, 2.75) is 0 Å². The molecule has 0 aliphatic rings. The molecule has 0 bridgehead atoms. The number of hydrogen-bond acceptors (Lipinski definition) is 3. The fourth-order valence-corrected chi connectivity index (χ4v) is 0.378. The normalized spacial score (nSPS) is 11.7. The van der Waals surface area contributed by atoms with Gasteiger partial charge in [-0.05, 0) is 0 Å². The number of nitrogens with one attached hydrogen (secondary N) is 1. The minimum Gasteiger partial charge on any atom is -0.380 e. The average molecular weight is 146 g/mol. The Labute approximate surface area is 45.7 Å². The van der Waals surface area contributed by atoms with Gasteiger partial charge >= 0.3 is 0 Å². The van der Waals surface area contributed by atoms with E-state index in [1.54, 1.807) is 4.72 Å². The molecule has 0 aliphatic carbocycles. The zero-order valence-corrected chi connectivity index (χ0v) is 4.83. The van der Waals surface area contributed by atoms with Crippen LogP contribution in [0.5, 0.6) is 0 Å². The highest BCUT2D eigenvalue weighted by Crippen LogP contribution is 1.85. The SMILES string of the molecule is O=S(=O)(Cl)NCO. The summed E-state index contributed by atoms with van der Waals surface area (Å²) < 4.78 is 21.0. The third kappa shape index (κ3) is 6.16. The summed E-state index contributed by atoms with van der Waals surface area (Å²) in [6, 6.07) is 0. The maximum Gasteiger partial charge on any atom is 0.299 e. The van der Waals surface area contributed by atoms with Crippen LogP contribution in [0.25, 0.3) is 0 Å². The van der Waals surface area contributed by atoms with Gasteiger partial charge in [-0.15, -0.1) is 0 Å². The van der Waals surface area contributed by atoms with Gasteiger partial charge in [0.15, 0.2) is 0 Å². The minimum atomic E-state index is -3.70. The van der Waals surface area contributed by atoms with Gasteiger partial charge in [0.25, 0.3) is 9.24 Å². The largest absolute Gasteiger partial charge is 0.380 e. The third-order valence-corrected chi connectivity index (χ3v) is 1.04. The van der Waals surface area contributed by atoms with Gasteiger partial charge in [0.05, 0.1) is 0 Å². The highest BCUT2D eigenvalue weighted by atomic mass is 35.7. The van der Waals surface area contributed by atoms with Crippen molar-refractivity contribution < 1.29 is 13.5 Å². The van der Waals surface area contributed by atoms with E-state index in [1.807, 2.05) is 0 Å². The first-order chi connectivity index (χ1) is 3.06. The van der Waals surface area contributed by atoms with E-state index in [1.165, 1.54) is 0 Å².